The lowest BCUT2D eigenvalue weighted by Crippen LogP contribution is -2.52. The number of piperazine rings is 1. The van der Waals surface area contributed by atoms with E-state index in [0.717, 1.165) is 41.1 Å². The third-order valence-electron chi connectivity index (χ3n) is 3.46. The molecule has 2 heterocycles. The highest BCUT2D eigenvalue weighted by molar-refractivity contribution is 14.1. The summed E-state index contributed by atoms with van der Waals surface area (Å²) < 4.78 is 21.0. The summed E-state index contributed by atoms with van der Waals surface area (Å²) in [6.45, 7) is 4.34. The first-order chi connectivity index (χ1) is 8.66. The number of ether oxygens (including phenoxy) is 1. The van der Waals surface area contributed by atoms with Crippen LogP contribution < -0.4 is 10.1 Å². The van der Waals surface area contributed by atoms with Gasteiger partial charge in [0.05, 0.1) is 14.1 Å². The monoisotopic (exact) mass is 426 g/mol. The van der Waals surface area contributed by atoms with E-state index in [-0.39, 0.29) is 5.82 Å². The summed E-state index contributed by atoms with van der Waals surface area (Å²) in [6.07, 6.45) is 0. The van der Waals surface area contributed by atoms with Gasteiger partial charge in [0.1, 0.15) is 18.2 Å². The van der Waals surface area contributed by atoms with Crippen LogP contribution in [0.25, 0.3) is 0 Å². The molecule has 0 bridgehead atoms. The van der Waals surface area contributed by atoms with Crippen molar-refractivity contribution in [2.24, 2.45) is 0 Å². The van der Waals surface area contributed by atoms with Crippen LogP contribution in [-0.4, -0.2) is 37.2 Å². The SMILES string of the molecule is Fc1cc2c(c(I)c1Br)OC[C@H]1CNCCN1C2. The molecular formula is C12H13BrFIN2O. The molecule has 0 aromatic heterocycles. The number of hydrogen-bond acceptors (Lipinski definition) is 3. The van der Waals surface area contributed by atoms with Gasteiger partial charge in [-0.05, 0) is 44.6 Å². The zero-order valence-corrected chi connectivity index (χ0v) is 13.4. The highest BCUT2D eigenvalue weighted by Crippen LogP contribution is 2.36. The minimum atomic E-state index is -0.213. The van der Waals surface area contributed by atoms with Gasteiger partial charge >= 0.3 is 0 Å². The van der Waals surface area contributed by atoms with Crippen LogP contribution in [0.2, 0.25) is 0 Å². The van der Waals surface area contributed by atoms with Crippen molar-refractivity contribution in [2.45, 2.75) is 12.6 Å². The van der Waals surface area contributed by atoms with E-state index in [0.29, 0.717) is 17.1 Å². The van der Waals surface area contributed by atoms with Crippen molar-refractivity contribution in [3.8, 4) is 5.75 Å². The van der Waals surface area contributed by atoms with Crippen molar-refractivity contribution in [1.82, 2.24) is 10.2 Å². The fraction of sp³-hybridized carbons (Fsp3) is 0.500. The first kappa shape index (κ1) is 13.1. The Balaban J connectivity index is 1.99. The summed E-state index contributed by atoms with van der Waals surface area (Å²) >= 11 is 5.41. The van der Waals surface area contributed by atoms with Crippen molar-refractivity contribution in [2.75, 3.05) is 26.2 Å². The van der Waals surface area contributed by atoms with E-state index < -0.39 is 0 Å². The molecule has 1 saturated heterocycles. The van der Waals surface area contributed by atoms with Crippen molar-refractivity contribution < 1.29 is 9.13 Å². The van der Waals surface area contributed by atoms with E-state index in [4.69, 9.17) is 4.74 Å². The zero-order chi connectivity index (χ0) is 12.7. The molecule has 2 aliphatic heterocycles. The predicted molar refractivity (Wildman–Crippen MR) is 79.4 cm³/mol. The summed E-state index contributed by atoms with van der Waals surface area (Å²) in [7, 11) is 0. The molecule has 3 nitrogen and oxygen atoms in total. The van der Waals surface area contributed by atoms with Crippen LogP contribution in [0, 0.1) is 9.39 Å². The molecule has 2 aliphatic rings. The Labute approximate surface area is 127 Å². The van der Waals surface area contributed by atoms with Crippen LogP contribution in [0.1, 0.15) is 5.56 Å². The second kappa shape index (κ2) is 5.22. The molecule has 1 aromatic rings. The number of nitrogens with one attached hydrogen (secondary N) is 1. The van der Waals surface area contributed by atoms with Gasteiger partial charge in [-0.1, -0.05) is 0 Å². The molecule has 0 unspecified atom stereocenters. The Kier molecular flexibility index (Phi) is 3.80. The second-order valence-corrected chi connectivity index (χ2v) is 6.49. The maximum atomic E-state index is 13.8. The van der Waals surface area contributed by atoms with Crippen molar-refractivity contribution >= 4 is 38.5 Å². The number of halogens is 3. The second-order valence-electron chi connectivity index (χ2n) is 4.61. The normalized spacial score (nSPS) is 23.8. The van der Waals surface area contributed by atoms with Gasteiger partial charge in [-0.3, -0.25) is 4.90 Å². The Morgan fingerprint density at radius 1 is 1.56 bits per heavy atom. The fourth-order valence-electron chi connectivity index (χ4n) is 2.47. The van der Waals surface area contributed by atoms with Gasteiger partial charge in [0.25, 0.3) is 0 Å². The molecule has 3 rings (SSSR count). The lowest BCUT2D eigenvalue weighted by molar-refractivity contribution is 0.120. The predicted octanol–water partition coefficient (Wildman–Crippen LogP) is 2.36. The summed E-state index contributed by atoms with van der Waals surface area (Å²) in [4.78, 5) is 2.37. The summed E-state index contributed by atoms with van der Waals surface area (Å²) in [5.74, 6) is 0.619. The molecule has 0 saturated carbocycles. The van der Waals surface area contributed by atoms with Gasteiger partial charge in [0, 0.05) is 31.7 Å². The molecule has 18 heavy (non-hydrogen) atoms. The topological polar surface area (TPSA) is 24.5 Å². The van der Waals surface area contributed by atoms with Gasteiger partial charge in [-0.2, -0.15) is 0 Å². The van der Waals surface area contributed by atoms with E-state index in [1.165, 1.54) is 0 Å². The molecule has 0 spiro atoms. The number of fused-ring (bicyclic) bond motifs is 2. The molecule has 1 aromatic carbocycles. The zero-order valence-electron chi connectivity index (χ0n) is 9.68. The summed E-state index contributed by atoms with van der Waals surface area (Å²) in [6, 6.07) is 1.97. The smallest absolute Gasteiger partial charge is 0.139 e. The van der Waals surface area contributed by atoms with Crippen LogP contribution in [0.4, 0.5) is 4.39 Å². The van der Waals surface area contributed by atoms with Crippen molar-refractivity contribution in [3.63, 3.8) is 0 Å². The van der Waals surface area contributed by atoms with E-state index in [2.05, 4.69) is 48.7 Å². The third kappa shape index (κ3) is 2.28. The van der Waals surface area contributed by atoms with Gasteiger partial charge < -0.3 is 10.1 Å². The highest BCUT2D eigenvalue weighted by atomic mass is 127. The average molecular weight is 427 g/mol. The number of hydrogen-bond donors (Lipinski definition) is 1. The largest absolute Gasteiger partial charge is 0.490 e. The number of nitrogens with zero attached hydrogens (tertiary/aromatic N) is 1. The molecule has 1 atom stereocenters. The fourth-order valence-corrected chi connectivity index (χ4v) is 3.53. The Hall–Kier alpha value is 0.0800. The standard InChI is InChI=1S/C12H13BrFIN2O/c13-10-9(14)3-7-5-17-2-1-16-4-8(17)6-18-12(7)11(10)15/h3,8,16H,1-2,4-6H2/t8-/m1/s1. The molecule has 6 heteroatoms. The molecule has 1 N–H and O–H groups in total. The Morgan fingerprint density at radius 2 is 2.39 bits per heavy atom. The van der Waals surface area contributed by atoms with Gasteiger partial charge in [0.2, 0.25) is 0 Å². The molecular weight excluding hydrogens is 414 g/mol. The maximum absolute atomic E-state index is 13.8. The molecule has 98 valence electrons. The number of rotatable bonds is 0. The first-order valence-corrected chi connectivity index (χ1v) is 7.78. The van der Waals surface area contributed by atoms with E-state index in [1.807, 2.05) is 0 Å². The van der Waals surface area contributed by atoms with Crippen LogP contribution in [0.3, 0.4) is 0 Å². The lowest BCUT2D eigenvalue weighted by Gasteiger charge is -2.33. The Morgan fingerprint density at radius 3 is 3.22 bits per heavy atom. The molecule has 0 amide bonds. The van der Waals surface area contributed by atoms with Gasteiger partial charge in [0.15, 0.2) is 0 Å². The van der Waals surface area contributed by atoms with E-state index >= 15 is 0 Å². The van der Waals surface area contributed by atoms with Crippen molar-refractivity contribution in [1.29, 1.82) is 0 Å². The third-order valence-corrected chi connectivity index (χ3v) is 6.01. The van der Waals surface area contributed by atoms with Crippen LogP contribution in [0.5, 0.6) is 5.75 Å². The summed E-state index contributed by atoms with van der Waals surface area (Å²) in [5.41, 5.74) is 0.949. The summed E-state index contributed by atoms with van der Waals surface area (Å²) in [5, 5.41) is 3.37. The van der Waals surface area contributed by atoms with E-state index in [1.54, 1.807) is 6.07 Å². The van der Waals surface area contributed by atoms with Gasteiger partial charge in [-0.15, -0.1) is 0 Å². The number of benzene rings is 1. The van der Waals surface area contributed by atoms with Crippen LogP contribution >= 0.6 is 38.5 Å². The molecule has 0 aliphatic carbocycles. The average Bonchev–Trinajstić information content (AvgIpc) is 2.55. The minimum absolute atomic E-state index is 0.213. The van der Waals surface area contributed by atoms with Crippen molar-refractivity contribution in [3.05, 3.63) is 25.5 Å². The Bertz CT molecular complexity index is 486. The van der Waals surface area contributed by atoms with Gasteiger partial charge in [-0.25, -0.2) is 4.39 Å². The van der Waals surface area contributed by atoms with E-state index in [9.17, 15) is 4.39 Å². The first-order valence-electron chi connectivity index (χ1n) is 5.90. The maximum Gasteiger partial charge on any atom is 0.139 e. The minimum Gasteiger partial charge on any atom is -0.490 e. The highest BCUT2D eigenvalue weighted by Gasteiger charge is 2.29. The van der Waals surface area contributed by atoms with Crippen LogP contribution in [-0.2, 0) is 6.54 Å². The molecule has 1 fully saturated rings. The van der Waals surface area contributed by atoms with Crippen LogP contribution in [0.15, 0.2) is 10.5 Å². The molecule has 0 radical (unpaired) electrons. The quantitative estimate of drug-likeness (QED) is 0.509. The lowest BCUT2D eigenvalue weighted by atomic mass is 10.1.